The lowest BCUT2D eigenvalue weighted by Gasteiger charge is -2.39. The van der Waals surface area contributed by atoms with Gasteiger partial charge in [-0.1, -0.05) is 48.5 Å². The number of aryl methyl sites for hydroxylation is 2. The van der Waals surface area contributed by atoms with Gasteiger partial charge in [-0.05, 0) is 75.2 Å². The van der Waals surface area contributed by atoms with Crippen molar-refractivity contribution in [1.29, 1.82) is 0 Å². The van der Waals surface area contributed by atoms with Gasteiger partial charge in [-0.15, -0.1) is 0 Å². The average Bonchev–Trinajstić information content (AvgIpc) is 3.24. The zero-order valence-corrected chi connectivity index (χ0v) is 19.9. The minimum Gasteiger partial charge on any atom is -0.350 e. The SMILES string of the molecule is Cc1cccc(-n2c3ccccc3c3c(N4c5ccccc5N(C)C4(C)C)c(C)ccc32)c1. The lowest BCUT2D eigenvalue weighted by Crippen LogP contribution is -2.48. The molecule has 0 fully saturated rings. The van der Waals surface area contributed by atoms with Crippen molar-refractivity contribution in [3.63, 3.8) is 0 Å². The van der Waals surface area contributed by atoms with Gasteiger partial charge in [0.2, 0.25) is 0 Å². The topological polar surface area (TPSA) is 11.4 Å². The van der Waals surface area contributed by atoms with Gasteiger partial charge in [0.25, 0.3) is 0 Å². The molecule has 33 heavy (non-hydrogen) atoms. The Morgan fingerprint density at radius 2 is 1.42 bits per heavy atom. The number of hydrogen-bond donors (Lipinski definition) is 0. The van der Waals surface area contributed by atoms with E-state index in [1.165, 1.54) is 55.7 Å². The summed E-state index contributed by atoms with van der Waals surface area (Å²) >= 11 is 0. The standard InChI is InChI=1S/C30H29N3/c1-20-11-10-12-22(19-20)32-24-14-7-6-13-23(24)28-27(32)18-17-21(2)29(28)33-26-16-9-8-15-25(26)31(5)30(33,3)4/h6-19H,1-5H3. The number of anilines is 3. The molecule has 3 nitrogen and oxygen atoms in total. The largest absolute Gasteiger partial charge is 0.350 e. The normalized spacial score (nSPS) is 14.9. The summed E-state index contributed by atoms with van der Waals surface area (Å²) in [6, 6.07) is 30.9. The van der Waals surface area contributed by atoms with Crippen LogP contribution >= 0.6 is 0 Å². The summed E-state index contributed by atoms with van der Waals surface area (Å²) in [4.78, 5) is 4.92. The van der Waals surface area contributed by atoms with Crippen molar-refractivity contribution in [3.05, 3.63) is 96.1 Å². The Hall–Kier alpha value is -3.72. The fourth-order valence-corrected chi connectivity index (χ4v) is 5.55. The van der Waals surface area contributed by atoms with Crippen molar-refractivity contribution >= 4 is 38.9 Å². The van der Waals surface area contributed by atoms with E-state index in [2.05, 4.69) is 134 Å². The molecule has 1 aliphatic rings. The van der Waals surface area contributed by atoms with E-state index >= 15 is 0 Å². The summed E-state index contributed by atoms with van der Waals surface area (Å²) in [5, 5.41) is 2.60. The van der Waals surface area contributed by atoms with Gasteiger partial charge >= 0.3 is 0 Å². The Balaban J connectivity index is 1.76. The van der Waals surface area contributed by atoms with E-state index in [4.69, 9.17) is 0 Å². The third-order valence-corrected chi connectivity index (χ3v) is 7.35. The summed E-state index contributed by atoms with van der Waals surface area (Å²) in [6.45, 7) is 9.02. The Kier molecular flexibility index (Phi) is 4.16. The van der Waals surface area contributed by atoms with Crippen LogP contribution in [0.1, 0.15) is 25.0 Å². The van der Waals surface area contributed by atoms with E-state index in [1.54, 1.807) is 0 Å². The van der Waals surface area contributed by atoms with Crippen LogP contribution in [0.15, 0.2) is 84.9 Å². The Morgan fingerprint density at radius 1 is 0.697 bits per heavy atom. The summed E-state index contributed by atoms with van der Waals surface area (Å²) in [7, 11) is 2.20. The minimum atomic E-state index is -0.199. The van der Waals surface area contributed by atoms with Crippen molar-refractivity contribution in [3.8, 4) is 5.69 Å². The highest BCUT2D eigenvalue weighted by molar-refractivity contribution is 6.17. The lowest BCUT2D eigenvalue weighted by atomic mass is 10.0. The molecule has 0 radical (unpaired) electrons. The third-order valence-electron chi connectivity index (χ3n) is 7.35. The van der Waals surface area contributed by atoms with E-state index < -0.39 is 0 Å². The minimum absolute atomic E-state index is 0.199. The number of aromatic nitrogens is 1. The molecule has 0 bridgehead atoms. The van der Waals surface area contributed by atoms with Crippen molar-refractivity contribution in [2.75, 3.05) is 16.8 Å². The van der Waals surface area contributed by atoms with E-state index in [0.717, 1.165) is 0 Å². The van der Waals surface area contributed by atoms with Gasteiger partial charge in [0.15, 0.2) is 0 Å². The molecule has 6 rings (SSSR count). The third kappa shape index (κ3) is 2.69. The zero-order valence-electron chi connectivity index (χ0n) is 19.9. The lowest BCUT2D eigenvalue weighted by molar-refractivity contribution is 0.522. The maximum atomic E-state index is 2.53. The fourth-order valence-electron chi connectivity index (χ4n) is 5.55. The predicted molar refractivity (Wildman–Crippen MR) is 141 cm³/mol. The number of fused-ring (bicyclic) bond motifs is 4. The Morgan fingerprint density at radius 3 is 2.21 bits per heavy atom. The molecule has 1 aromatic heterocycles. The second kappa shape index (κ2) is 6.89. The number of para-hydroxylation sites is 3. The summed E-state index contributed by atoms with van der Waals surface area (Å²) in [5.74, 6) is 0. The highest BCUT2D eigenvalue weighted by Gasteiger charge is 2.42. The molecule has 0 atom stereocenters. The molecule has 0 spiro atoms. The van der Waals surface area contributed by atoms with Crippen LogP contribution in [-0.4, -0.2) is 17.3 Å². The Labute approximate surface area is 195 Å². The fraction of sp³-hybridized carbons (Fsp3) is 0.200. The van der Waals surface area contributed by atoms with Gasteiger partial charge in [-0.2, -0.15) is 0 Å². The maximum Gasteiger partial charge on any atom is 0.111 e. The molecule has 5 aromatic rings. The van der Waals surface area contributed by atoms with Crippen LogP contribution in [-0.2, 0) is 0 Å². The van der Waals surface area contributed by atoms with Gasteiger partial charge in [0.1, 0.15) is 5.66 Å². The molecule has 164 valence electrons. The number of benzene rings is 4. The highest BCUT2D eigenvalue weighted by atomic mass is 15.4. The highest BCUT2D eigenvalue weighted by Crippen LogP contribution is 2.52. The van der Waals surface area contributed by atoms with Crippen LogP contribution in [0.5, 0.6) is 0 Å². The van der Waals surface area contributed by atoms with Crippen molar-refractivity contribution in [2.45, 2.75) is 33.4 Å². The molecule has 4 aromatic carbocycles. The molecule has 0 saturated carbocycles. The molecule has 2 heterocycles. The van der Waals surface area contributed by atoms with Crippen LogP contribution in [0.2, 0.25) is 0 Å². The average molecular weight is 432 g/mol. The molecule has 0 N–H and O–H groups in total. The van der Waals surface area contributed by atoms with Crippen LogP contribution in [0.25, 0.3) is 27.5 Å². The van der Waals surface area contributed by atoms with Crippen LogP contribution in [0, 0.1) is 13.8 Å². The summed E-state index contributed by atoms with van der Waals surface area (Å²) in [6.07, 6.45) is 0. The van der Waals surface area contributed by atoms with Gasteiger partial charge in [0.05, 0.1) is 28.1 Å². The first-order chi connectivity index (χ1) is 15.9. The first-order valence-electron chi connectivity index (χ1n) is 11.6. The van der Waals surface area contributed by atoms with E-state index in [-0.39, 0.29) is 5.66 Å². The summed E-state index contributed by atoms with van der Waals surface area (Å²) < 4.78 is 2.42. The molecule has 0 aliphatic carbocycles. The van der Waals surface area contributed by atoms with E-state index in [1.807, 2.05) is 0 Å². The van der Waals surface area contributed by atoms with Gasteiger partial charge < -0.3 is 14.4 Å². The molecule has 3 heteroatoms. The monoisotopic (exact) mass is 431 g/mol. The second-order valence-electron chi connectivity index (χ2n) is 9.69. The smallest absolute Gasteiger partial charge is 0.111 e. The van der Waals surface area contributed by atoms with Crippen molar-refractivity contribution in [1.82, 2.24) is 4.57 Å². The number of nitrogens with zero attached hydrogens (tertiary/aromatic N) is 3. The van der Waals surface area contributed by atoms with E-state index in [9.17, 15) is 0 Å². The number of rotatable bonds is 2. The molecular formula is C30H29N3. The molecule has 0 saturated heterocycles. The van der Waals surface area contributed by atoms with Crippen molar-refractivity contribution in [2.24, 2.45) is 0 Å². The van der Waals surface area contributed by atoms with Gasteiger partial charge in [-0.3, -0.25) is 0 Å². The second-order valence-corrected chi connectivity index (χ2v) is 9.69. The molecule has 1 aliphatic heterocycles. The first kappa shape index (κ1) is 19.9. The molecular weight excluding hydrogens is 402 g/mol. The predicted octanol–water partition coefficient (Wildman–Crippen LogP) is 7.72. The number of hydrogen-bond acceptors (Lipinski definition) is 2. The maximum absolute atomic E-state index is 2.53. The quantitative estimate of drug-likeness (QED) is 0.283. The Bertz CT molecular complexity index is 1540. The molecule has 0 unspecified atom stereocenters. The zero-order chi connectivity index (χ0) is 22.9. The van der Waals surface area contributed by atoms with Crippen LogP contribution in [0.4, 0.5) is 17.1 Å². The van der Waals surface area contributed by atoms with E-state index in [0.29, 0.717) is 0 Å². The molecule has 0 amide bonds. The summed E-state index contributed by atoms with van der Waals surface area (Å²) in [5.41, 5.74) is 9.85. The van der Waals surface area contributed by atoms with Crippen molar-refractivity contribution < 1.29 is 0 Å². The van der Waals surface area contributed by atoms with Crippen LogP contribution < -0.4 is 9.80 Å². The van der Waals surface area contributed by atoms with Crippen LogP contribution in [0.3, 0.4) is 0 Å². The van der Waals surface area contributed by atoms with Gasteiger partial charge in [0, 0.05) is 23.5 Å². The first-order valence-corrected chi connectivity index (χ1v) is 11.6. The van der Waals surface area contributed by atoms with Gasteiger partial charge in [-0.25, -0.2) is 0 Å².